The summed E-state index contributed by atoms with van der Waals surface area (Å²) < 4.78 is 7.27. The maximum absolute atomic E-state index is 5.56. The van der Waals surface area contributed by atoms with Gasteiger partial charge >= 0.3 is 0 Å². The van der Waals surface area contributed by atoms with E-state index in [9.17, 15) is 0 Å². The fourth-order valence-electron chi connectivity index (χ4n) is 11.3. The molecule has 0 aliphatic carbocycles. The van der Waals surface area contributed by atoms with E-state index >= 15 is 0 Å². The van der Waals surface area contributed by atoms with Gasteiger partial charge in [-0.3, -0.25) is 0 Å². The standard InChI is InChI=1S/C64H39N5/c1-2-19-45(20-3-1)67-58-29-15-11-24-50(58)53-36-43(30-33-59(53)67)64-65-55-26-12-8-25-52(55)63(66-64)44-34-42-18-6-7-21-47(42)60(38-44)69-61-37-41-17-5-4-16-40(41)35-54(61)51-32-31-46(39-62(51)69)68-56-27-13-9-22-48(56)49-23-10-14-28-57(49)68/h1-39H. The zero-order valence-corrected chi connectivity index (χ0v) is 37.3. The number of hydrogen-bond donors (Lipinski definition) is 0. The number of para-hydroxylation sites is 5. The van der Waals surface area contributed by atoms with E-state index in [1.165, 1.54) is 54.3 Å². The number of nitrogens with zero attached hydrogens (tertiary/aromatic N) is 5. The van der Waals surface area contributed by atoms with Gasteiger partial charge in [0.05, 0.1) is 50.0 Å². The highest BCUT2D eigenvalue weighted by Gasteiger charge is 2.21. The molecule has 15 aromatic rings. The van der Waals surface area contributed by atoms with E-state index in [1.807, 2.05) is 0 Å². The molecule has 5 nitrogen and oxygen atoms in total. The normalized spacial score (nSPS) is 12.1. The number of benzene rings is 11. The molecule has 0 fully saturated rings. The SMILES string of the molecule is c1ccc(-n2c3ccccc3c3cc(-c4nc(-c5cc(-n6c7cc(-n8c9ccccc9c9ccccc98)ccc7c7cc8ccccc8cc76)c6ccccc6c5)c5ccccc5n4)ccc32)cc1. The number of aromatic nitrogens is 5. The minimum atomic E-state index is 0.691. The highest BCUT2D eigenvalue weighted by Crippen LogP contribution is 2.42. The Morgan fingerprint density at radius 3 is 1.54 bits per heavy atom. The van der Waals surface area contributed by atoms with Crippen molar-refractivity contribution >= 4 is 97.9 Å². The number of rotatable bonds is 5. The smallest absolute Gasteiger partial charge is 0.160 e. The molecule has 320 valence electrons. The van der Waals surface area contributed by atoms with Crippen LogP contribution in [0.4, 0.5) is 0 Å². The van der Waals surface area contributed by atoms with Crippen LogP contribution in [0.1, 0.15) is 0 Å². The summed E-state index contributed by atoms with van der Waals surface area (Å²) in [7, 11) is 0. The summed E-state index contributed by atoms with van der Waals surface area (Å²) in [5.41, 5.74) is 14.1. The van der Waals surface area contributed by atoms with Crippen LogP contribution in [0.15, 0.2) is 237 Å². The molecule has 0 radical (unpaired) electrons. The molecule has 11 aromatic carbocycles. The van der Waals surface area contributed by atoms with Gasteiger partial charge in [-0.15, -0.1) is 0 Å². The van der Waals surface area contributed by atoms with Crippen LogP contribution < -0.4 is 0 Å². The van der Waals surface area contributed by atoms with Crippen molar-refractivity contribution in [1.82, 2.24) is 23.7 Å². The second kappa shape index (κ2) is 14.6. The van der Waals surface area contributed by atoms with Gasteiger partial charge in [0, 0.05) is 65.6 Å². The third-order valence-corrected chi connectivity index (χ3v) is 14.4. The lowest BCUT2D eigenvalue weighted by molar-refractivity contribution is 1.16. The summed E-state index contributed by atoms with van der Waals surface area (Å²) in [6.07, 6.45) is 0. The maximum Gasteiger partial charge on any atom is 0.160 e. The molecule has 0 N–H and O–H groups in total. The molecule has 0 bridgehead atoms. The molecule has 0 aliphatic heterocycles. The van der Waals surface area contributed by atoms with Crippen molar-refractivity contribution in [3.05, 3.63) is 237 Å². The Labute approximate surface area is 396 Å². The molecule has 0 atom stereocenters. The minimum Gasteiger partial charge on any atom is -0.309 e. The zero-order valence-electron chi connectivity index (χ0n) is 37.3. The lowest BCUT2D eigenvalue weighted by atomic mass is 9.99. The van der Waals surface area contributed by atoms with Gasteiger partial charge in [0.15, 0.2) is 5.82 Å². The average Bonchev–Trinajstić information content (AvgIpc) is 4.04. The molecule has 0 amide bonds. The predicted octanol–water partition coefficient (Wildman–Crippen LogP) is 16.6. The molecule has 4 heterocycles. The first-order valence-corrected chi connectivity index (χ1v) is 23.6. The Bertz CT molecular complexity index is 4560. The van der Waals surface area contributed by atoms with Crippen molar-refractivity contribution in [2.75, 3.05) is 0 Å². The summed E-state index contributed by atoms with van der Waals surface area (Å²) in [6.45, 7) is 0. The van der Waals surface area contributed by atoms with Crippen LogP contribution in [0.2, 0.25) is 0 Å². The third-order valence-electron chi connectivity index (χ3n) is 14.4. The highest BCUT2D eigenvalue weighted by atomic mass is 15.0. The molecule has 0 saturated heterocycles. The van der Waals surface area contributed by atoms with Crippen molar-refractivity contribution in [2.24, 2.45) is 0 Å². The van der Waals surface area contributed by atoms with E-state index in [1.54, 1.807) is 0 Å². The van der Waals surface area contributed by atoms with Crippen molar-refractivity contribution in [2.45, 2.75) is 0 Å². The fourth-order valence-corrected chi connectivity index (χ4v) is 11.3. The molecule has 69 heavy (non-hydrogen) atoms. The van der Waals surface area contributed by atoms with Gasteiger partial charge in [0.2, 0.25) is 0 Å². The first-order valence-electron chi connectivity index (χ1n) is 23.6. The molecule has 15 rings (SSSR count). The first-order chi connectivity index (χ1) is 34.2. The van der Waals surface area contributed by atoms with Crippen LogP contribution in [0.3, 0.4) is 0 Å². The first kappa shape index (κ1) is 37.9. The molecular formula is C64H39N5. The van der Waals surface area contributed by atoms with Crippen molar-refractivity contribution in [3.8, 4) is 39.7 Å². The Kier molecular flexibility index (Phi) is 8.00. The number of fused-ring (bicyclic) bond motifs is 12. The Morgan fingerprint density at radius 2 is 0.797 bits per heavy atom. The van der Waals surface area contributed by atoms with Crippen molar-refractivity contribution < 1.29 is 0 Å². The topological polar surface area (TPSA) is 40.6 Å². The maximum atomic E-state index is 5.56. The van der Waals surface area contributed by atoms with Gasteiger partial charge in [-0.1, -0.05) is 146 Å². The highest BCUT2D eigenvalue weighted by molar-refractivity contribution is 6.16. The van der Waals surface area contributed by atoms with E-state index in [0.29, 0.717) is 5.82 Å². The second-order valence-corrected chi connectivity index (χ2v) is 18.2. The summed E-state index contributed by atoms with van der Waals surface area (Å²) in [5.74, 6) is 0.691. The van der Waals surface area contributed by atoms with E-state index in [2.05, 4.69) is 250 Å². The molecule has 5 heteroatoms. The molecule has 0 unspecified atom stereocenters. The lowest BCUT2D eigenvalue weighted by Crippen LogP contribution is -2.00. The van der Waals surface area contributed by atoms with Crippen molar-refractivity contribution in [3.63, 3.8) is 0 Å². The van der Waals surface area contributed by atoms with Crippen molar-refractivity contribution in [1.29, 1.82) is 0 Å². The molecule has 4 aromatic heterocycles. The summed E-state index contributed by atoms with van der Waals surface area (Å²) >= 11 is 0. The third kappa shape index (κ3) is 5.65. The average molecular weight is 878 g/mol. The van der Waals surface area contributed by atoms with Crippen LogP contribution >= 0.6 is 0 Å². The molecule has 0 spiro atoms. The van der Waals surface area contributed by atoms with E-state index < -0.39 is 0 Å². The van der Waals surface area contributed by atoms with E-state index in [4.69, 9.17) is 9.97 Å². The van der Waals surface area contributed by atoms with Gasteiger partial charge in [-0.25, -0.2) is 9.97 Å². The Morgan fingerprint density at radius 1 is 0.261 bits per heavy atom. The summed E-state index contributed by atoms with van der Waals surface area (Å²) in [5, 5.41) is 13.0. The molecule has 0 aliphatic rings. The Hall–Kier alpha value is -9.32. The van der Waals surface area contributed by atoms with Crippen LogP contribution in [-0.2, 0) is 0 Å². The van der Waals surface area contributed by atoms with Crippen LogP contribution in [-0.4, -0.2) is 23.7 Å². The van der Waals surface area contributed by atoms with E-state index in [-0.39, 0.29) is 0 Å². The Balaban J connectivity index is 0.991. The van der Waals surface area contributed by atoms with Gasteiger partial charge in [0.25, 0.3) is 0 Å². The largest absolute Gasteiger partial charge is 0.309 e. The number of hydrogen-bond acceptors (Lipinski definition) is 2. The van der Waals surface area contributed by atoms with Gasteiger partial charge in [-0.2, -0.15) is 0 Å². The molecule has 0 saturated carbocycles. The van der Waals surface area contributed by atoms with Crippen LogP contribution in [0.25, 0.3) is 138 Å². The minimum absolute atomic E-state index is 0.691. The van der Waals surface area contributed by atoms with E-state index in [0.717, 1.165) is 77.5 Å². The summed E-state index contributed by atoms with van der Waals surface area (Å²) in [6, 6.07) is 85.8. The zero-order chi connectivity index (χ0) is 45.2. The lowest BCUT2D eigenvalue weighted by Gasteiger charge is -2.16. The molecular weight excluding hydrogens is 839 g/mol. The quantitative estimate of drug-likeness (QED) is 0.173. The van der Waals surface area contributed by atoms with Crippen LogP contribution in [0.5, 0.6) is 0 Å². The second-order valence-electron chi connectivity index (χ2n) is 18.2. The van der Waals surface area contributed by atoms with Gasteiger partial charge in [0.1, 0.15) is 0 Å². The fraction of sp³-hybridized carbons (Fsp3) is 0. The predicted molar refractivity (Wildman–Crippen MR) is 288 cm³/mol. The van der Waals surface area contributed by atoms with Gasteiger partial charge < -0.3 is 13.7 Å². The summed E-state index contributed by atoms with van der Waals surface area (Å²) in [4.78, 5) is 10.8. The van der Waals surface area contributed by atoms with Gasteiger partial charge in [-0.05, 0) is 107 Å². The monoisotopic (exact) mass is 877 g/mol. The van der Waals surface area contributed by atoms with Crippen LogP contribution in [0, 0.1) is 0 Å².